The van der Waals surface area contributed by atoms with E-state index in [0.717, 1.165) is 11.3 Å². The first-order valence-corrected chi connectivity index (χ1v) is 6.65. The summed E-state index contributed by atoms with van der Waals surface area (Å²) < 4.78 is 16.4. The topological polar surface area (TPSA) is 56.8 Å². The Kier molecular flexibility index (Phi) is 4.18. The quantitative estimate of drug-likeness (QED) is 0.904. The van der Waals surface area contributed by atoms with E-state index in [0.29, 0.717) is 6.61 Å². The van der Waals surface area contributed by atoms with Gasteiger partial charge in [0.15, 0.2) is 0 Å². The molecular weight excluding hydrogens is 258 g/mol. The van der Waals surface area contributed by atoms with Crippen molar-refractivity contribution in [3.63, 3.8) is 0 Å². The Morgan fingerprint density at radius 2 is 2.05 bits per heavy atom. The van der Waals surface area contributed by atoms with Gasteiger partial charge in [-0.2, -0.15) is 0 Å². The summed E-state index contributed by atoms with van der Waals surface area (Å²) in [5.74, 6) is 0.793. The molecule has 1 aromatic carbocycles. The van der Waals surface area contributed by atoms with Crippen LogP contribution in [0.5, 0.6) is 5.75 Å². The Bertz CT molecular complexity index is 481. The summed E-state index contributed by atoms with van der Waals surface area (Å²) in [6, 6.07) is 7.39. The average molecular weight is 279 g/mol. The van der Waals surface area contributed by atoms with Crippen LogP contribution in [-0.4, -0.2) is 31.5 Å². The summed E-state index contributed by atoms with van der Waals surface area (Å²) in [5.41, 5.74) is 0.405. The van der Waals surface area contributed by atoms with Gasteiger partial charge in [-0.3, -0.25) is 0 Å². The molecule has 0 radical (unpaired) electrons. The van der Waals surface area contributed by atoms with Crippen molar-refractivity contribution in [3.05, 3.63) is 29.8 Å². The van der Waals surface area contributed by atoms with Crippen molar-refractivity contribution in [2.75, 3.05) is 13.7 Å². The number of carbonyl (C=O) groups excluding carboxylic acids is 1. The molecule has 2 rings (SSSR count). The molecule has 1 heterocycles. The zero-order chi connectivity index (χ0) is 14.8. The first-order valence-electron chi connectivity index (χ1n) is 6.65. The molecule has 0 aromatic heterocycles. The molecule has 0 saturated heterocycles. The number of nitrogens with one attached hydrogen (secondary N) is 1. The van der Waals surface area contributed by atoms with Gasteiger partial charge in [0, 0.05) is 12.7 Å². The van der Waals surface area contributed by atoms with Crippen LogP contribution in [0.3, 0.4) is 0 Å². The van der Waals surface area contributed by atoms with Crippen LogP contribution in [0.1, 0.15) is 32.4 Å². The summed E-state index contributed by atoms with van der Waals surface area (Å²) in [7, 11) is 1.62. The molecule has 5 nitrogen and oxygen atoms in total. The van der Waals surface area contributed by atoms with Crippen LogP contribution in [0.15, 0.2) is 24.3 Å². The second-order valence-corrected chi connectivity index (χ2v) is 5.76. The van der Waals surface area contributed by atoms with E-state index in [1.54, 1.807) is 7.11 Å². The summed E-state index contributed by atoms with van der Waals surface area (Å²) in [4.78, 5) is 11.9. The molecule has 0 bridgehead atoms. The SMILES string of the molecule is CO[C@H]1c2ccccc2OC[C@@H]1NC(=O)OC(C)(C)C. The first-order chi connectivity index (χ1) is 9.40. The van der Waals surface area contributed by atoms with Crippen molar-refractivity contribution >= 4 is 6.09 Å². The molecule has 0 aliphatic carbocycles. The van der Waals surface area contributed by atoms with Gasteiger partial charge in [0.2, 0.25) is 0 Å². The number of alkyl carbamates (subject to hydrolysis) is 1. The molecule has 5 heteroatoms. The summed E-state index contributed by atoms with van der Waals surface area (Å²) in [5, 5.41) is 2.81. The molecule has 0 fully saturated rings. The molecule has 20 heavy (non-hydrogen) atoms. The van der Waals surface area contributed by atoms with Crippen molar-refractivity contribution in [2.24, 2.45) is 0 Å². The lowest BCUT2D eigenvalue weighted by Gasteiger charge is -2.33. The molecule has 110 valence electrons. The van der Waals surface area contributed by atoms with E-state index in [1.165, 1.54) is 0 Å². The smallest absolute Gasteiger partial charge is 0.408 e. The fourth-order valence-electron chi connectivity index (χ4n) is 2.20. The zero-order valence-corrected chi connectivity index (χ0v) is 12.3. The number of carbonyl (C=O) groups is 1. The molecule has 1 N–H and O–H groups in total. The van der Waals surface area contributed by atoms with E-state index in [2.05, 4.69) is 5.32 Å². The molecule has 1 aliphatic heterocycles. The van der Waals surface area contributed by atoms with Gasteiger partial charge >= 0.3 is 6.09 Å². The number of methoxy groups -OCH3 is 1. The highest BCUT2D eigenvalue weighted by molar-refractivity contribution is 5.68. The van der Waals surface area contributed by atoms with Crippen LogP contribution in [0.25, 0.3) is 0 Å². The predicted molar refractivity (Wildman–Crippen MR) is 74.8 cm³/mol. The fourth-order valence-corrected chi connectivity index (χ4v) is 2.20. The first kappa shape index (κ1) is 14.7. The fraction of sp³-hybridized carbons (Fsp3) is 0.533. The van der Waals surface area contributed by atoms with Gasteiger partial charge in [0.05, 0.1) is 6.04 Å². The Morgan fingerprint density at radius 1 is 1.35 bits per heavy atom. The van der Waals surface area contributed by atoms with E-state index < -0.39 is 11.7 Å². The zero-order valence-electron chi connectivity index (χ0n) is 12.3. The molecule has 1 aliphatic rings. The highest BCUT2D eigenvalue weighted by Crippen LogP contribution is 2.33. The normalized spacial score (nSPS) is 21.6. The number of ether oxygens (including phenoxy) is 3. The van der Waals surface area contributed by atoms with Gasteiger partial charge in [0.1, 0.15) is 24.1 Å². The third-order valence-electron chi connectivity index (χ3n) is 2.97. The minimum Gasteiger partial charge on any atom is -0.491 e. The second kappa shape index (κ2) is 5.71. The average Bonchev–Trinajstić information content (AvgIpc) is 2.36. The molecule has 0 spiro atoms. The third-order valence-corrected chi connectivity index (χ3v) is 2.97. The number of hydrogen-bond acceptors (Lipinski definition) is 4. The lowest BCUT2D eigenvalue weighted by Crippen LogP contribution is -2.47. The number of fused-ring (bicyclic) bond motifs is 1. The Labute approximate surface area is 119 Å². The van der Waals surface area contributed by atoms with Gasteiger partial charge in [0.25, 0.3) is 0 Å². The summed E-state index contributed by atoms with van der Waals surface area (Å²) in [6.07, 6.45) is -0.708. The molecular formula is C15H21NO4. The van der Waals surface area contributed by atoms with E-state index in [1.807, 2.05) is 45.0 Å². The molecule has 1 amide bonds. The number of hydrogen-bond donors (Lipinski definition) is 1. The van der Waals surface area contributed by atoms with Crippen molar-refractivity contribution in [2.45, 2.75) is 38.5 Å². The maximum atomic E-state index is 11.9. The summed E-state index contributed by atoms with van der Waals surface area (Å²) in [6.45, 7) is 5.84. The van der Waals surface area contributed by atoms with Gasteiger partial charge in [-0.25, -0.2) is 4.79 Å². The van der Waals surface area contributed by atoms with Gasteiger partial charge in [-0.15, -0.1) is 0 Å². The van der Waals surface area contributed by atoms with Crippen LogP contribution in [0, 0.1) is 0 Å². The number of rotatable bonds is 2. The van der Waals surface area contributed by atoms with Crippen molar-refractivity contribution in [3.8, 4) is 5.75 Å². The number of benzene rings is 1. The molecule has 0 saturated carbocycles. The summed E-state index contributed by atoms with van der Waals surface area (Å²) >= 11 is 0. The van der Waals surface area contributed by atoms with Crippen molar-refractivity contribution < 1.29 is 19.0 Å². The second-order valence-electron chi connectivity index (χ2n) is 5.76. The van der Waals surface area contributed by atoms with E-state index >= 15 is 0 Å². The van der Waals surface area contributed by atoms with Gasteiger partial charge in [-0.05, 0) is 26.8 Å². The van der Waals surface area contributed by atoms with Crippen LogP contribution in [-0.2, 0) is 9.47 Å². The van der Waals surface area contributed by atoms with E-state index in [9.17, 15) is 4.79 Å². The Hall–Kier alpha value is -1.75. The molecule has 0 unspecified atom stereocenters. The minimum absolute atomic E-state index is 0.243. The van der Waals surface area contributed by atoms with Crippen LogP contribution in [0.4, 0.5) is 4.79 Å². The van der Waals surface area contributed by atoms with Crippen LogP contribution in [0.2, 0.25) is 0 Å². The standard InChI is InChI=1S/C15H21NO4/c1-15(2,3)20-14(17)16-11-9-19-12-8-6-5-7-10(12)13(11)18-4/h5-8,11,13H,9H2,1-4H3,(H,16,17)/t11-,13-/m0/s1. The molecule has 1 aromatic rings. The highest BCUT2D eigenvalue weighted by atomic mass is 16.6. The maximum Gasteiger partial charge on any atom is 0.408 e. The van der Waals surface area contributed by atoms with Crippen LogP contribution >= 0.6 is 0 Å². The number of amides is 1. The number of para-hydroxylation sites is 1. The lowest BCUT2D eigenvalue weighted by atomic mass is 9.99. The molecule has 2 atom stereocenters. The lowest BCUT2D eigenvalue weighted by molar-refractivity contribution is 0.0143. The monoisotopic (exact) mass is 279 g/mol. The minimum atomic E-state index is -0.528. The van der Waals surface area contributed by atoms with Gasteiger partial charge in [-0.1, -0.05) is 18.2 Å². The highest BCUT2D eigenvalue weighted by Gasteiger charge is 2.33. The third kappa shape index (κ3) is 3.42. The van der Waals surface area contributed by atoms with Gasteiger partial charge < -0.3 is 19.5 Å². The van der Waals surface area contributed by atoms with Crippen molar-refractivity contribution in [1.29, 1.82) is 0 Å². The van der Waals surface area contributed by atoms with E-state index in [-0.39, 0.29) is 12.1 Å². The van der Waals surface area contributed by atoms with Crippen molar-refractivity contribution in [1.82, 2.24) is 5.32 Å². The Morgan fingerprint density at radius 3 is 2.70 bits per heavy atom. The largest absolute Gasteiger partial charge is 0.491 e. The predicted octanol–water partition coefficient (Wildman–Crippen LogP) is 2.66. The van der Waals surface area contributed by atoms with Crippen LogP contribution < -0.4 is 10.1 Å². The van der Waals surface area contributed by atoms with E-state index in [4.69, 9.17) is 14.2 Å². The Balaban J connectivity index is 2.08. The maximum absolute atomic E-state index is 11.9.